The minimum absolute atomic E-state index is 0.243. The summed E-state index contributed by atoms with van der Waals surface area (Å²) in [6, 6.07) is 7.10. The van der Waals surface area contributed by atoms with E-state index in [0.29, 0.717) is 21.9 Å². The molecule has 0 bridgehead atoms. The lowest BCUT2D eigenvalue weighted by atomic mass is 10.1. The Morgan fingerprint density at radius 1 is 1.24 bits per heavy atom. The monoisotopic (exact) mass is 374 g/mol. The molecule has 0 saturated carbocycles. The number of aromatic nitrogens is 5. The van der Waals surface area contributed by atoms with E-state index in [4.69, 9.17) is 23.8 Å². The Bertz CT molecular complexity index is 1150. The number of halogens is 2. The van der Waals surface area contributed by atoms with Crippen molar-refractivity contribution in [2.45, 2.75) is 6.92 Å². The van der Waals surface area contributed by atoms with E-state index < -0.39 is 5.82 Å². The molecule has 0 atom stereocenters. The average Bonchev–Trinajstić information content (AvgIpc) is 3.20. The number of rotatable bonds is 3. The zero-order chi connectivity index (χ0) is 17.6. The molecule has 0 spiro atoms. The van der Waals surface area contributed by atoms with Gasteiger partial charge in [0, 0.05) is 16.3 Å². The highest BCUT2D eigenvalue weighted by molar-refractivity contribution is 7.71. The Kier molecular flexibility index (Phi) is 3.78. The first kappa shape index (κ1) is 15.8. The average molecular weight is 375 g/mol. The number of nitrogens with zero attached hydrogens (tertiary/aromatic N) is 2. The third kappa shape index (κ3) is 2.79. The van der Waals surface area contributed by atoms with E-state index in [0.717, 1.165) is 11.3 Å². The topological polar surface area (TPSA) is 85.2 Å². The molecule has 2 aromatic carbocycles. The van der Waals surface area contributed by atoms with E-state index in [9.17, 15) is 0 Å². The van der Waals surface area contributed by atoms with E-state index in [1.807, 2.05) is 6.92 Å². The summed E-state index contributed by atoms with van der Waals surface area (Å²) in [5.41, 5.74) is 3.20. The van der Waals surface area contributed by atoms with Crippen LogP contribution in [0.1, 0.15) is 5.56 Å². The molecule has 4 rings (SSSR count). The molecule has 0 unspecified atom stereocenters. The van der Waals surface area contributed by atoms with Crippen molar-refractivity contribution in [3.8, 4) is 11.4 Å². The Morgan fingerprint density at radius 2 is 2.08 bits per heavy atom. The number of hydrogen-bond donors (Lipinski definition) is 4. The highest BCUT2D eigenvalue weighted by Crippen LogP contribution is 2.36. The molecule has 126 valence electrons. The van der Waals surface area contributed by atoms with E-state index >= 15 is 4.39 Å². The van der Waals surface area contributed by atoms with Crippen LogP contribution < -0.4 is 5.32 Å². The van der Waals surface area contributed by atoms with Gasteiger partial charge in [0.1, 0.15) is 5.52 Å². The molecule has 2 aromatic heterocycles. The fraction of sp³-hybridized carbons (Fsp3) is 0.0625. The number of imidazole rings is 1. The second-order valence-electron chi connectivity index (χ2n) is 5.51. The van der Waals surface area contributed by atoms with E-state index in [-0.39, 0.29) is 16.0 Å². The third-order valence-electron chi connectivity index (χ3n) is 3.86. The van der Waals surface area contributed by atoms with Crippen molar-refractivity contribution in [1.29, 1.82) is 0 Å². The van der Waals surface area contributed by atoms with Gasteiger partial charge < -0.3 is 10.3 Å². The molecule has 4 N–H and O–H groups in total. The standard InChI is InChI=1S/C16H12ClFN6S/c1-7-4-8(17)2-3-10(7)21-13-9(15-22-16(25)24-23-15)5-11-14(12(13)18)20-6-19-11/h2-6,21H,1H3,(H,19,20)(H2,22,23,24,25). The summed E-state index contributed by atoms with van der Waals surface area (Å²) >= 11 is 11.0. The number of nitrogens with one attached hydrogen (secondary N) is 4. The molecule has 0 radical (unpaired) electrons. The molecule has 9 heteroatoms. The van der Waals surface area contributed by atoms with Gasteiger partial charge in [-0.1, -0.05) is 11.6 Å². The molecule has 0 fully saturated rings. The molecule has 0 saturated heterocycles. The van der Waals surface area contributed by atoms with Crippen LogP contribution >= 0.6 is 23.8 Å². The largest absolute Gasteiger partial charge is 0.352 e. The summed E-state index contributed by atoms with van der Waals surface area (Å²) in [4.78, 5) is 11.2. The number of anilines is 2. The number of hydrogen-bond acceptors (Lipinski definition) is 4. The van der Waals surface area contributed by atoms with Crippen LogP contribution in [0.25, 0.3) is 22.4 Å². The maximum Gasteiger partial charge on any atom is 0.213 e. The maximum absolute atomic E-state index is 15.1. The summed E-state index contributed by atoms with van der Waals surface area (Å²) in [6.07, 6.45) is 1.45. The molecule has 25 heavy (non-hydrogen) atoms. The molecule has 0 aliphatic heterocycles. The second-order valence-corrected chi connectivity index (χ2v) is 6.33. The summed E-state index contributed by atoms with van der Waals surface area (Å²) in [5.74, 6) is -0.0556. The van der Waals surface area contributed by atoms with Crippen LogP contribution in [0.5, 0.6) is 0 Å². The highest BCUT2D eigenvalue weighted by atomic mass is 35.5. The van der Waals surface area contributed by atoms with Gasteiger partial charge in [0.2, 0.25) is 4.77 Å². The highest BCUT2D eigenvalue weighted by Gasteiger charge is 2.19. The Balaban J connectivity index is 1.94. The van der Waals surface area contributed by atoms with Crippen molar-refractivity contribution >= 4 is 46.2 Å². The van der Waals surface area contributed by atoms with Gasteiger partial charge in [-0.05, 0) is 49.0 Å². The van der Waals surface area contributed by atoms with Gasteiger partial charge in [-0.3, -0.25) is 10.2 Å². The summed E-state index contributed by atoms with van der Waals surface area (Å²) in [6.45, 7) is 1.89. The minimum Gasteiger partial charge on any atom is -0.352 e. The van der Waals surface area contributed by atoms with Crippen LogP contribution in [-0.4, -0.2) is 25.1 Å². The van der Waals surface area contributed by atoms with Crippen LogP contribution in [0.3, 0.4) is 0 Å². The summed E-state index contributed by atoms with van der Waals surface area (Å²) in [5, 5.41) is 9.32. The molecule has 0 aliphatic carbocycles. The van der Waals surface area contributed by atoms with E-state index in [1.165, 1.54) is 6.33 Å². The minimum atomic E-state index is -0.481. The van der Waals surface area contributed by atoms with Crippen molar-refractivity contribution in [3.63, 3.8) is 0 Å². The zero-order valence-electron chi connectivity index (χ0n) is 12.9. The number of fused-ring (bicyclic) bond motifs is 1. The van der Waals surface area contributed by atoms with Crippen LogP contribution in [-0.2, 0) is 0 Å². The SMILES string of the molecule is Cc1cc(Cl)ccc1Nc1c(-c2nc(=S)[nH][nH]2)cc2[nH]cnc2c1F. The molecule has 6 nitrogen and oxygen atoms in total. The third-order valence-corrected chi connectivity index (χ3v) is 4.29. The van der Waals surface area contributed by atoms with E-state index in [1.54, 1.807) is 24.3 Å². The number of benzene rings is 2. The number of aryl methyl sites for hydroxylation is 1. The Hall–Kier alpha value is -2.71. The quantitative estimate of drug-likeness (QED) is 0.386. The molecule has 0 amide bonds. The van der Waals surface area contributed by atoms with Crippen molar-refractivity contribution < 1.29 is 4.39 Å². The predicted octanol–water partition coefficient (Wildman–Crippen LogP) is 4.86. The lowest BCUT2D eigenvalue weighted by Crippen LogP contribution is -2.00. The van der Waals surface area contributed by atoms with Crippen LogP contribution in [0, 0.1) is 17.5 Å². The van der Waals surface area contributed by atoms with Gasteiger partial charge in [-0.15, -0.1) is 0 Å². The van der Waals surface area contributed by atoms with Gasteiger partial charge in [0.05, 0.1) is 17.5 Å². The van der Waals surface area contributed by atoms with Gasteiger partial charge >= 0.3 is 0 Å². The van der Waals surface area contributed by atoms with Gasteiger partial charge in [0.15, 0.2) is 11.6 Å². The van der Waals surface area contributed by atoms with E-state index in [2.05, 4.69) is 30.5 Å². The fourth-order valence-corrected chi connectivity index (χ4v) is 3.02. The van der Waals surface area contributed by atoms with Gasteiger partial charge in [-0.25, -0.2) is 9.37 Å². The first-order valence-corrected chi connectivity index (χ1v) is 8.15. The lowest BCUT2D eigenvalue weighted by molar-refractivity contribution is 0.641. The molecular weight excluding hydrogens is 363 g/mol. The van der Waals surface area contributed by atoms with Gasteiger partial charge in [0.25, 0.3) is 0 Å². The van der Waals surface area contributed by atoms with Crippen molar-refractivity contribution in [3.05, 3.63) is 51.8 Å². The van der Waals surface area contributed by atoms with Crippen LogP contribution in [0.15, 0.2) is 30.6 Å². The number of H-pyrrole nitrogens is 3. The normalized spacial score (nSPS) is 11.2. The molecule has 4 aromatic rings. The molecule has 0 aliphatic rings. The first-order valence-electron chi connectivity index (χ1n) is 7.37. The van der Waals surface area contributed by atoms with Crippen LogP contribution in [0.4, 0.5) is 15.8 Å². The smallest absolute Gasteiger partial charge is 0.213 e. The first-order chi connectivity index (χ1) is 12.0. The Labute approximate surface area is 151 Å². The summed E-state index contributed by atoms with van der Waals surface area (Å²) < 4.78 is 15.4. The zero-order valence-corrected chi connectivity index (χ0v) is 14.5. The van der Waals surface area contributed by atoms with Crippen LogP contribution in [0.2, 0.25) is 5.02 Å². The summed E-state index contributed by atoms with van der Waals surface area (Å²) in [7, 11) is 0. The fourth-order valence-electron chi connectivity index (χ4n) is 2.65. The van der Waals surface area contributed by atoms with Gasteiger partial charge in [-0.2, -0.15) is 4.98 Å². The molecule has 2 heterocycles. The lowest BCUT2D eigenvalue weighted by Gasteiger charge is -2.14. The van der Waals surface area contributed by atoms with Crippen molar-refractivity contribution in [1.82, 2.24) is 25.1 Å². The second kappa shape index (κ2) is 5.98. The maximum atomic E-state index is 15.1. The Morgan fingerprint density at radius 3 is 2.80 bits per heavy atom. The van der Waals surface area contributed by atoms with Crippen molar-refractivity contribution in [2.75, 3.05) is 5.32 Å². The van der Waals surface area contributed by atoms with Crippen molar-refractivity contribution in [2.24, 2.45) is 0 Å². The predicted molar refractivity (Wildman–Crippen MR) is 98.3 cm³/mol. The number of aromatic amines is 3. The molecular formula is C16H12ClFN6S.